The summed E-state index contributed by atoms with van der Waals surface area (Å²) in [6.45, 7) is 16.7. The summed E-state index contributed by atoms with van der Waals surface area (Å²) in [5.41, 5.74) is 5.73. The van der Waals surface area contributed by atoms with E-state index in [9.17, 15) is 14.4 Å². The smallest absolute Gasteiger partial charge is 0.407 e. The second-order valence-corrected chi connectivity index (χ2v) is 18.7. The second-order valence-electron chi connectivity index (χ2n) is 18.7. The maximum absolute atomic E-state index is 13.9. The highest BCUT2D eigenvalue weighted by atomic mass is 16.7. The van der Waals surface area contributed by atoms with Crippen molar-refractivity contribution >= 4 is 29.4 Å². The van der Waals surface area contributed by atoms with Crippen LogP contribution in [0.15, 0.2) is 59.6 Å². The van der Waals surface area contributed by atoms with Crippen molar-refractivity contribution in [3.8, 4) is 0 Å². The van der Waals surface area contributed by atoms with Gasteiger partial charge in [0.2, 0.25) is 0 Å². The number of rotatable bonds is 12. The maximum atomic E-state index is 13.9. The van der Waals surface area contributed by atoms with Gasteiger partial charge in [-0.05, 0) is 97.9 Å². The number of ether oxygens (including phenoxy) is 2. The van der Waals surface area contributed by atoms with Crippen LogP contribution < -0.4 is 21.3 Å². The molecule has 11 atom stereocenters. The van der Waals surface area contributed by atoms with Gasteiger partial charge in [-0.2, -0.15) is 0 Å². The zero-order chi connectivity index (χ0) is 41.7. The van der Waals surface area contributed by atoms with E-state index in [0.717, 1.165) is 58.0 Å². The van der Waals surface area contributed by atoms with Gasteiger partial charge < -0.3 is 20.1 Å². The first kappa shape index (κ1) is 41.7. The normalized spacial score (nSPS) is 32.4. The predicted molar refractivity (Wildman–Crippen MR) is 227 cm³/mol. The lowest BCUT2D eigenvalue weighted by Crippen LogP contribution is -2.57. The Morgan fingerprint density at radius 1 is 1.00 bits per heavy atom. The lowest BCUT2D eigenvalue weighted by molar-refractivity contribution is -0.230. The number of fused-ring (bicyclic) bond motifs is 1. The Bertz CT molecular complexity index is 1870. The summed E-state index contributed by atoms with van der Waals surface area (Å²) in [6, 6.07) is 8.68. The highest BCUT2D eigenvalue weighted by Gasteiger charge is 2.60. The van der Waals surface area contributed by atoms with Crippen LogP contribution in [0.25, 0.3) is 5.57 Å². The fourth-order valence-electron chi connectivity index (χ4n) is 11.0. The van der Waals surface area contributed by atoms with E-state index in [4.69, 9.17) is 19.3 Å². The number of hydrogen-bond acceptors (Lipinski definition) is 10. The van der Waals surface area contributed by atoms with Gasteiger partial charge >= 0.3 is 12.2 Å². The minimum atomic E-state index is -0.751. The summed E-state index contributed by atoms with van der Waals surface area (Å²) in [4.78, 5) is 52.5. The first-order chi connectivity index (χ1) is 28.3. The number of likely N-dealkylation sites (tertiary alicyclic amines) is 1. The Morgan fingerprint density at radius 2 is 1.73 bits per heavy atom. The topological polar surface area (TPSA) is 146 Å². The number of benzene rings is 1. The molecule has 3 aliphatic carbocycles. The number of nitrogens with one attached hydrogen (secondary N) is 4. The van der Waals surface area contributed by atoms with Crippen LogP contribution in [0.5, 0.6) is 0 Å². The van der Waals surface area contributed by atoms with Crippen molar-refractivity contribution in [2.45, 2.75) is 134 Å². The number of alkyl carbamates (subject to hydrolysis) is 2. The van der Waals surface area contributed by atoms with Crippen LogP contribution >= 0.6 is 0 Å². The quantitative estimate of drug-likeness (QED) is 0.203. The fraction of sp³-hybridized carbons (Fsp3) is 0.652. The molecule has 2 saturated carbocycles. The van der Waals surface area contributed by atoms with Crippen LogP contribution in [0.4, 0.5) is 9.59 Å². The monoisotopic (exact) mass is 811 g/mol. The fourth-order valence-corrected chi connectivity index (χ4v) is 11.0. The minimum absolute atomic E-state index is 0.0153. The second kappa shape index (κ2) is 16.8. The van der Waals surface area contributed by atoms with Crippen molar-refractivity contribution in [2.24, 2.45) is 34.6 Å². The summed E-state index contributed by atoms with van der Waals surface area (Å²) in [5, 5.41) is 14.8. The molecule has 8 rings (SSSR count). The zero-order valence-electron chi connectivity index (χ0n) is 35.9. The summed E-state index contributed by atoms with van der Waals surface area (Å²) in [5.74, 6) is 1.27. The standard InChI is InChI=1S/C46H65N7O6/c1-25(2)38(50-44(55)57-7)28(6)52-22-9-11-34(52)40-27(5)36-37(41(36)49-40)32-18-14-30(15-19-32)29-12-16-31(17-13-29)33-24-47-42(48-33)35-23-46(20-10-21-46)59-53(35)43(54)39(26(3)4)51-45(56)58-8/h12-18,25-26,28,32-39,41-42,47-48H,5,9-11,19-24H2,1-4,6-8H3,(H,50,55)(H,51,56)/t28?,32?,33?,34-,35-,36?,37?,38-,39-,41?,42?/m0/s1. The molecule has 5 fully saturated rings. The molecule has 59 heavy (non-hydrogen) atoms. The molecule has 0 aromatic heterocycles. The van der Waals surface area contributed by atoms with Gasteiger partial charge in [-0.3, -0.25) is 30.2 Å². The number of aliphatic imine (C=N–C) groups is 1. The molecule has 1 aromatic carbocycles. The Morgan fingerprint density at radius 3 is 2.32 bits per heavy atom. The number of hydroxylamine groups is 2. The number of carbonyl (C=O) groups is 3. The third-order valence-corrected chi connectivity index (χ3v) is 14.5. The highest BCUT2D eigenvalue weighted by molar-refractivity contribution is 6.07. The molecule has 7 aliphatic rings. The van der Waals surface area contributed by atoms with Gasteiger partial charge in [-0.25, -0.2) is 14.7 Å². The van der Waals surface area contributed by atoms with Crippen LogP contribution in [0, 0.1) is 29.6 Å². The third-order valence-electron chi connectivity index (χ3n) is 14.5. The van der Waals surface area contributed by atoms with E-state index < -0.39 is 12.1 Å². The van der Waals surface area contributed by atoms with E-state index >= 15 is 0 Å². The summed E-state index contributed by atoms with van der Waals surface area (Å²) < 4.78 is 9.76. The van der Waals surface area contributed by atoms with Crippen molar-refractivity contribution in [3.63, 3.8) is 0 Å². The van der Waals surface area contributed by atoms with Crippen molar-refractivity contribution in [1.29, 1.82) is 0 Å². The van der Waals surface area contributed by atoms with Gasteiger partial charge in [-0.1, -0.05) is 76.8 Å². The lowest BCUT2D eigenvalue weighted by Gasteiger charge is -2.38. The summed E-state index contributed by atoms with van der Waals surface area (Å²) in [7, 11) is 2.72. The number of allylic oxidation sites excluding steroid dienone is 4. The van der Waals surface area contributed by atoms with Crippen molar-refractivity contribution in [2.75, 3.05) is 27.3 Å². The molecule has 320 valence electrons. The molecule has 4 aliphatic heterocycles. The van der Waals surface area contributed by atoms with Crippen LogP contribution in [-0.4, -0.2) is 109 Å². The minimum Gasteiger partial charge on any atom is -0.453 e. The first-order valence-corrected chi connectivity index (χ1v) is 22.0. The first-order valence-electron chi connectivity index (χ1n) is 22.0. The average molecular weight is 812 g/mol. The Kier molecular flexibility index (Phi) is 11.9. The Labute approximate surface area is 349 Å². The number of amides is 3. The molecule has 3 saturated heterocycles. The molecule has 1 aromatic rings. The van der Waals surface area contributed by atoms with E-state index in [1.54, 1.807) is 5.06 Å². The Balaban J connectivity index is 0.864. The Hall–Kier alpha value is -4.04. The van der Waals surface area contributed by atoms with Crippen molar-refractivity contribution < 1.29 is 28.7 Å². The molecule has 0 bridgehead atoms. The number of hydrogen-bond donors (Lipinski definition) is 4. The van der Waals surface area contributed by atoms with E-state index in [1.165, 1.54) is 42.2 Å². The largest absolute Gasteiger partial charge is 0.453 e. The third kappa shape index (κ3) is 8.00. The summed E-state index contributed by atoms with van der Waals surface area (Å²) >= 11 is 0. The molecule has 0 radical (unpaired) electrons. The van der Waals surface area contributed by atoms with Crippen LogP contribution in [0.2, 0.25) is 0 Å². The van der Waals surface area contributed by atoms with Gasteiger partial charge in [-0.15, -0.1) is 0 Å². The molecule has 7 unspecified atom stereocenters. The molecule has 13 heteroatoms. The molecular formula is C46H65N7O6. The van der Waals surface area contributed by atoms with Crippen molar-refractivity contribution in [3.05, 3.63) is 65.8 Å². The van der Waals surface area contributed by atoms with Crippen molar-refractivity contribution in [1.82, 2.24) is 31.2 Å². The van der Waals surface area contributed by atoms with E-state index in [1.807, 2.05) is 13.8 Å². The van der Waals surface area contributed by atoms with Crippen LogP contribution in [-0.2, 0) is 19.1 Å². The van der Waals surface area contributed by atoms with Gasteiger partial charge in [0.05, 0.1) is 49.8 Å². The zero-order valence-corrected chi connectivity index (χ0v) is 35.9. The lowest BCUT2D eigenvalue weighted by atomic mass is 9.76. The molecular weight excluding hydrogens is 747 g/mol. The summed E-state index contributed by atoms with van der Waals surface area (Å²) in [6.07, 6.45) is 12.8. The highest BCUT2D eigenvalue weighted by Crippen LogP contribution is 2.58. The number of nitrogens with zero attached hydrogens (tertiary/aromatic N) is 3. The van der Waals surface area contributed by atoms with Crippen LogP contribution in [0.1, 0.15) is 96.7 Å². The van der Waals surface area contributed by atoms with E-state index in [0.29, 0.717) is 23.8 Å². The molecule has 4 N–H and O–H groups in total. The number of carbonyl (C=O) groups excluding carboxylic acids is 3. The van der Waals surface area contributed by atoms with E-state index in [2.05, 4.69) is 96.0 Å². The van der Waals surface area contributed by atoms with Gasteiger partial charge in [0.15, 0.2) is 0 Å². The molecule has 4 heterocycles. The predicted octanol–water partition coefficient (Wildman–Crippen LogP) is 5.90. The maximum Gasteiger partial charge on any atom is 0.407 e. The SMILES string of the molecule is C=C1C([C@@H]2CCCN2C(C)[C@@H](NC(=O)OC)C(C)C)=NC2C1C2C1C=CC(c2ccc(C3CNC([C@@H]4CC5(CCC5)ON4C(=O)[C@@H](NC(=O)OC)C(C)C)N3)cc2)=CC1. The molecule has 3 amide bonds. The average Bonchev–Trinajstić information content (AvgIpc) is 3.76. The molecule has 13 nitrogen and oxygen atoms in total. The van der Waals surface area contributed by atoms with Gasteiger partial charge in [0, 0.05) is 37.0 Å². The number of methoxy groups -OCH3 is 2. The van der Waals surface area contributed by atoms with Gasteiger partial charge in [0.25, 0.3) is 5.91 Å². The van der Waals surface area contributed by atoms with Gasteiger partial charge in [0.1, 0.15) is 6.04 Å². The molecule has 1 spiro atoms. The van der Waals surface area contributed by atoms with E-state index in [-0.39, 0.29) is 65.8 Å². The van der Waals surface area contributed by atoms with Crippen LogP contribution in [0.3, 0.4) is 0 Å².